The fraction of sp³-hybridized carbons (Fsp3) is 0.182. The molecule has 30 heavy (non-hydrogen) atoms. The summed E-state index contributed by atoms with van der Waals surface area (Å²) in [6.45, 7) is 3.68. The van der Waals surface area contributed by atoms with E-state index in [-0.39, 0.29) is 12.5 Å². The monoisotopic (exact) mass is 402 g/mol. The van der Waals surface area contributed by atoms with Gasteiger partial charge in [0.05, 0.1) is 0 Å². The molecule has 0 atom stereocenters. The molecule has 2 heterocycles. The van der Waals surface area contributed by atoms with Crippen LogP contribution in [0.4, 0.5) is 17.3 Å². The summed E-state index contributed by atoms with van der Waals surface area (Å²) in [6.07, 6.45) is 0.874. The van der Waals surface area contributed by atoms with Gasteiger partial charge < -0.3 is 10.6 Å². The number of nitrogens with zero attached hydrogens (tertiary/aromatic N) is 4. The van der Waals surface area contributed by atoms with Gasteiger partial charge in [-0.1, -0.05) is 37.3 Å². The zero-order valence-corrected chi connectivity index (χ0v) is 16.8. The van der Waals surface area contributed by atoms with E-state index in [9.17, 15) is 9.59 Å². The molecular weight excluding hydrogens is 380 g/mol. The van der Waals surface area contributed by atoms with Crippen LogP contribution < -0.4 is 16.3 Å². The minimum atomic E-state index is -0.437. The van der Waals surface area contributed by atoms with E-state index < -0.39 is 5.69 Å². The number of aromatic nitrogens is 4. The summed E-state index contributed by atoms with van der Waals surface area (Å²) in [6, 6.07) is 18.8. The van der Waals surface area contributed by atoms with Crippen LogP contribution in [0.3, 0.4) is 0 Å². The summed E-state index contributed by atoms with van der Waals surface area (Å²) in [5.41, 5.74) is 3.31. The van der Waals surface area contributed by atoms with Crippen LogP contribution in [0.2, 0.25) is 0 Å². The number of carbonyl (C=O) groups excluding carboxylic acids is 1. The summed E-state index contributed by atoms with van der Waals surface area (Å²) in [4.78, 5) is 29.9. The number of aryl methyl sites for hydroxylation is 2. The molecule has 4 aromatic rings. The van der Waals surface area contributed by atoms with Crippen molar-refractivity contribution in [3.05, 3.63) is 82.4 Å². The summed E-state index contributed by atoms with van der Waals surface area (Å²) < 4.78 is 2.51. The second-order valence-electron chi connectivity index (χ2n) is 6.95. The second kappa shape index (κ2) is 8.20. The van der Waals surface area contributed by atoms with Gasteiger partial charge in [-0.2, -0.15) is 0 Å². The minimum Gasteiger partial charge on any atom is -0.325 e. The number of hydrogen-bond donors (Lipinski definition) is 2. The third-order valence-electron chi connectivity index (χ3n) is 4.64. The predicted octanol–water partition coefficient (Wildman–Crippen LogP) is 3.14. The van der Waals surface area contributed by atoms with Crippen LogP contribution in [-0.4, -0.2) is 25.1 Å². The average Bonchev–Trinajstić information content (AvgIpc) is 3.03. The van der Waals surface area contributed by atoms with Crippen LogP contribution in [0.25, 0.3) is 5.65 Å². The van der Waals surface area contributed by atoms with E-state index in [4.69, 9.17) is 0 Å². The first-order chi connectivity index (χ1) is 14.5. The Morgan fingerprint density at radius 1 is 1.03 bits per heavy atom. The van der Waals surface area contributed by atoms with E-state index in [0.717, 1.165) is 22.4 Å². The van der Waals surface area contributed by atoms with Gasteiger partial charge in [0.2, 0.25) is 11.9 Å². The van der Waals surface area contributed by atoms with Crippen molar-refractivity contribution in [2.45, 2.75) is 26.8 Å². The number of nitrogens with one attached hydrogen (secondary N) is 2. The fourth-order valence-corrected chi connectivity index (χ4v) is 3.20. The number of benzene rings is 2. The van der Waals surface area contributed by atoms with E-state index >= 15 is 0 Å². The third kappa shape index (κ3) is 4.07. The van der Waals surface area contributed by atoms with Gasteiger partial charge in [-0.05, 0) is 43.2 Å². The number of anilines is 3. The van der Waals surface area contributed by atoms with Crippen LogP contribution in [0.1, 0.15) is 18.2 Å². The Labute approximate surface area is 173 Å². The lowest BCUT2D eigenvalue weighted by Gasteiger charge is -2.07. The molecule has 0 unspecified atom stereocenters. The summed E-state index contributed by atoms with van der Waals surface area (Å²) in [7, 11) is 0. The number of amides is 1. The van der Waals surface area contributed by atoms with Crippen molar-refractivity contribution in [2.24, 2.45) is 0 Å². The molecule has 0 saturated carbocycles. The minimum absolute atomic E-state index is 0.194. The standard InChI is InChI=1S/C22H22N6O2/c1-3-16-8-7-11-18(13-16)24-20(29)14-27-22(30)28-19(26-27)12-15(2)23-21(28)25-17-9-5-4-6-10-17/h4-13H,3,14H2,1-2H3,(H,23,25)(H,24,29). The normalized spacial score (nSPS) is 10.9. The van der Waals surface area contributed by atoms with Gasteiger partial charge >= 0.3 is 5.69 Å². The van der Waals surface area contributed by atoms with Crippen molar-refractivity contribution < 1.29 is 4.79 Å². The number of para-hydroxylation sites is 1. The molecule has 8 nitrogen and oxygen atoms in total. The summed E-state index contributed by atoms with van der Waals surface area (Å²) in [5, 5.41) is 10.3. The van der Waals surface area contributed by atoms with Crippen molar-refractivity contribution in [1.82, 2.24) is 19.2 Å². The molecule has 0 spiro atoms. The Morgan fingerprint density at radius 2 is 1.80 bits per heavy atom. The van der Waals surface area contributed by atoms with Gasteiger partial charge in [-0.3, -0.25) is 4.79 Å². The third-order valence-corrected chi connectivity index (χ3v) is 4.64. The Kier molecular flexibility index (Phi) is 5.30. The fourth-order valence-electron chi connectivity index (χ4n) is 3.20. The highest BCUT2D eigenvalue weighted by Crippen LogP contribution is 2.15. The lowest BCUT2D eigenvalue weighted by Crippen LogP contribution is -2.29. The largest absolute Gasteiger partial charge is 0.353 e. The average molecular weight is 402 g/mol. The first kappa shape index (κ1) is 19.4. The Hall–Kier alpha value is -3.94. The van der Waals surface area contributed by atoms with Crippen LogP contribution in [0.5, 0.6) is 0 Å². The first-order valence-corrected chi connectivity index (χ1v) is 9.71. The van der Waals surface area contributed by atoms with Crippen molar-refractivity contribution in [2.75, 3.05) is 10.6 Å². The van der Waals surface area contributed by atoms with E-state index in [1.54, 1.807) is 6.07 Å². The zero-order valence-electron chi connectivity index (χ0n) is 16.8. The molecule has 0 aliphatic rings. The van der Waals surface area contributed by atoms with Crippen LogP contribution >= 0.6 is 0 Å². The van der Waals surface area contributed by atoms with Crippen LogP contribution in [0.15, 0.2) is 65.5 Å². The molecule has 1 amide bonds. The van der Waals surface area contributed by atoms with Gasteiger partial charge in [-0.15, -0.1) is 5.10 Å². The van der Waals surface area contributed by atoms with Gasteiger partial charge in [0, 0.05) is 23.1 Å². The first-order valence-electron chi connectivity index (χ1n) is 9.71. The molecule has 152 valence electrons. The molecule has 0 bridgehead atoms. The predicted molar refractivity (Wildman–Crippen MR) is 116 cm³/mol. The van der Waals surface area contributed by atoms with E-state index in [1.807, 2.05) is 68.4 Å². The number of carbonyl (C=O) groups is 1. The number of fused-ring (bicyclic) bond motifs is 1. The van der Waals surface area contributed by atoms with Crippen molar-refractivity contribution in [1.29, 1.82) is 0 Å². The maximum absolute atomic E-state index is 12.9. The quantitative estimate of drug-likeness (QED) is 0.517. The lowest BCUT2D eigenvalue weighted by molar-refractivity contribution is -0.117. The number of hydrogen-bond acceptors (Lipinski definition) is 5. The van der Waals surface area contributed by atoms with Crippen molar-refractivity contribution >= 4 is 28.9 Å². The summed E-state index contributed by atoms with van der Waals surface area (Å²) >= 11 is 0. The SMILES string of the molecule is CCc1cccc(NC(=O)Cn2nc3cc(C)nc(Nc4ccccc4)n3c2=O)c1. The molecule has 0 radical (unpaired) electrons. The van der Waals surface area contributed by atoms with E-state index in [2.05, 4.69) is 20.7 Å². The van der Waals surface area contributed by atoms with E-state index in [1.165, 1.54) is 4.40 Å². The number of rotatable bonds is 6. The van der Waals surface area contributed by atoms with E-state index in [0.29, 0.717) is 23.0 Å². The molecular formula is C22H22N6O2. The summed E-state index contributed by atoms with van der Waals surface area (Å²) in [5.74, 6) is 0.0273. The van der Waals surface area contributed by atoms with Crippen molar-refractivity contribution in [3.8, 4) is 0 Å². The van der Waals surface area contributed by atoms with Crippen molar-refractivity contribution in [3.63, 3.8) is 0 Å². The molecule has 0 aliphatic heterocycles. The topological polar surface area (TPSA) is 93.3 Å². The molecule has 2 aromatic carbocycles. The highest BCUT2D eigenvalue weighted by Gasteiger charge is 2.15. The molecule has 2 N–H and O–H groups in total. The van der Waals surface area contributed by atoms with Gasteiger partial charge in [0.15, 0.2) is 5.65 Å². The molecule has 2 aromatic heterocycles. The maximum Gasteiger partial charge on any atom is 0.353 e. The smallest absolute Gasteiger partial charge is 0.325 e. The Balaban J connectivity index is 1.62. The maximum atomic E-state index is 12.9. The highest BCUT2D eigenvalue weighted by atomic mass is 16.2. The Bertz CT molecular complexity index is 1260. The zero-order chi connectivity index (χ0) is 21.1. The molecule has 0 aliphatic carbocycles. The highest BCUT2D eigenvalue weighted by molar-refractivity contribution is 5.90. The van der Waals surface area contributed by atoms with Crippen LogP contribution in [0, 0.1) is 6.92 Å². The molecule has 0 saturated heterocycles. The Morgan fingerprint density at radius 3 is 2.57 bits per heavy atom. The molecule has 0 fully saturated rings. The van der Waals surface area contributed by atoms with Gasteiger partial charge in [0.25, 0.3) is 0 Å². The van der Waals surface area contributed by atoms with Crippen LogP contribution in [-0.2, 0) is 17.8 Å². The lowest BCUT2D eigenvalue weighted by atomic mass is 10.1. The second-order valence-corrected chi connectivity index (χ2v) is 6.95. The van der Waals surface area contributed by atoms with Gasteiger partial charge in [-0.25, -0.2) is 18.9 Å². The molecule has 4 rings (SSSR count). The van der Waals surface area contributed by atoms with Gasteiger partial charge in [0.1, 0.15) is 6.54 Å². The molecule has 8 heteroatoms.